The van der Waals surface area contributed by atoms with Crippen molar-refractivity contribution in [2.75, 3.05) is 44.8 Å². The molecule has 2 aliphatic rings. The Hall–Kier alpha value is -3.26. The number of urea groups is 1. The first-order valence-electron chi connectivity index (χ1n) is 11.9. The van der Waals surface area contributed by atoms with Gasteiger partial charge in [0.2, 0.25) is 11.8 Å². The predicted molar refractivity (Wildman–Crippen MR) is 136 cm³/mol. The fourth-order valence-electron chi connectivity index (χ4n) is 4.94. The van der Waals surface area contributed by atoms with Gasteiger partial charge in [0.15, 0.2) is 0 Å². The zero-order valence-corrected chi connectivity index (χ0v) is 20.8. The van der Waals surface area contributed by atoms with E-state index in [1.807, 2.05) is 59.5 Å². The number of nitrogens with zero attached hydrogens (tertiary/aromatic N) is 4. The topological polar surface area (TPSA) is 90.2 Å². The summed E-state index contributed by atoms with van der Waals surface area (Å²) in [7, 11) is 1.63. The molecule has 0 saturated carbocycles. The Kier molecular flexibility index (Phi) is 7.50. The molecular weight excluding hydrogens is 466 g/mol. The molecule has 2 heterocycles. The van der Waals surface area contributed by atoms with Crippen LogP contribution in [0.2, 0.25) is 5.02 Å². The highest BCUT2D eigenvalue weighted by Gasteiger charge is 2.53. The Labute approximate surface area is 211 Å². The van der Waals surface area contributed by atoms with Gasteiger partial charge < -0.3 is 25.3 Å². The Morgan fingerprint density at radius 2 is 1.71 bits per heavy atom. The molecule has 1 spiro atoms. The van der Waals surface area contributed by atoms with Crippen molar-refractivity contribution < 1.29 is 14.4 Å². The SMILES string of the molecule is CN(CCN1CN(c2ccccc2)C2(CCN(C(=O)CCc3ccc(Cl)cc3)CC2)C1=O)C(N)=O. The Morgan fingerprint density at radius 3 is 2.34 bits per heavy atom. The van der Waals surface area contributed by atoms with Crippen LogP contribution in [-0.2, 0) is 16.0 Å². The Bertz CT molecular complexity index is 1050. The first kappa shape index (κ1) is 24.9. The van der Waals surface area contributed by atoms with Crippen molar-refractivity contribution in [1.82, 2.24) is 14.7 Å². The van der Waals surface area contributed by atoms with E-state index in [1.165, 1.54) is 4.90 Å². The van der Waals surface area contributed by atoms with Crippen LogP contribution in [0.25, 0.3) is 0 Å². The second-order valence-corrected chi connectivity index (χ2v) is 9.71. The number of likely N-dealkylation sites (N-methyl/N-ethyl adjacent to an activating group) is 1. The number of nitrogens with two attached hydrogens (primary N) is 1. The van der Waals surface area contributed by atoms with E-state index in [-0.39, 0.29) is 11.8 Å². The molecule has 186 valence electrons. The molecule has 0 radical (unpaired) electrons. The normalized spacial score (nSPS) is 17.2. The maximum atomic E-state index is 13.7. The van der Waals surface area contributed by atoms with E-state index >= 15 is 0 Å². The second-order valence-electron chi connectivity index (χ2n) is 9.27. The van der Waals surface area contributed by atoms with Crippen molar-refractivity contribution in [2.24, 2.45) is 5.73 Å². The molecule has 2 aromatic carbocycles. The average Bonchev–Trinajstić information content (AvgIpc) is 3.13. The van der Waals surface area contributed by atoms with Crippen LogP contribution >= 0.6 is 11.6 Å². The molecular formula is C26H32ClN5O3. The minimum absolute atomic E-state index is 0.0486. The van der Waals surface area contributed by atoms with Gasteiger partial charge in [0.05, 0.1) is 6.67 Å². The Morgan fingerprint density at radius 1 is 1.06 bits per heavy atom. The zero-order chi connectivity index (χ0) is 25.0. The molecule has 0 bridgehead atoms. The van der Waals surface area contributed by atoms with E-state index in [4.69, 9.17) is 17.3 Å². The molecule has 4 amide bonds. The van der Waals surface area contributed by atoms with Crippen LogP contribution in [0.4, 0.5) is 10.5 Å². The summed E-state index contributed by atoms with van der Waals surface area (Å²) in [5, 5.41) is 0.681. The van der Waals surface area contributed by atoms with Crippen LogP contribution in [0.15, 0.2) is 54.6 Å². The molecule has 2 saturated heterocycles. The van der Waals surface area contributed by atoms with Gasteiger partial charge in [-0.25, -0.2) is 4.79 Å². The van der Waals surface area contributed by atoms with Gasteiger partial charge >= 0.3 is 6.03 Å². The number of piperidine rings is 1. The second kappa shape index (κ2) is 10.6. The minimum Gasteiger partial charge on any atom is -0.351 e. The number of para-hydroxylation sites is 1. The lowest BCUT2D eigenvalue weighted by Crippen LogP contribution is -2.57. The number of amides is 4. The third-order valence-electron chi connectivity index (χ3n) is 7.15. The van der Waals surface area contributed by atoms with Gasteiger partial charge in [-0.3, -0.25) is 9.59 Å². The molecule has 8 nitrogen and oxygen atoms in total. The lowest BCUT2D eigenvalue weighted by molar-refractivity contribution is -0.138. The van der Waals surface area contributed by atoms with Crippen molar-refractivity contribution in [3.8, 4) is 0 Å². The molecule has 35 heavy (non-hydrogen) atoms. The zero-order valence-electron chi connectivity index (χ0n) is 20.0. The fraction of sp³-hybridized carbons (Fsp3) is 0.423. The first-order valence-corrected chi connectivity index (χ1v) is 12.3. The maximum absolute atomic E-state index is 13.7. The third kappa shape index (κ3) is 5.37. The number of likely N-dealkylation sites (tertiary alicyclic amines) is 1. The lowest BCUT2D eigenvalue weighted by atomic mass is 9.85. The van der Waals surface area contributed by atoms with E-state index < -0.39 is 11.6 Å². The van der Waals surface area contributed by atoms with Crippen molar-refractivity contribution in [1.29, 1.82) is 0 Å². The molecule has 9 heteroatoms. The van der Waals surface area contributed by atoms with Crippen LogP contribution < -0.4 is 10.6 Å². The van der Waals surface area contributed by atoms with Gasteiger partial charge in [0.25, 0.3) is 0 Å². The van der Waals surface area contributed by atoms with Crippen molar-refractivity contribution in [2.45, 2.75) is 31.2 Å². The first-order chi connectivity index (χ1) is 16.8. The van der Waals surface area contributed by atoms with Crippen LogP contribution in [0.3, 0.4) is 0 Å². The number of halogens is 1. The summed E-state index contributed by atoms with van der Waals surface area (Å²) in [6, 6.07) is 17.0. The molecule has 0 aromatic heterocycles. The number of anilines is 1. The quantitative estimate of drug-likeness (QED) is 0.636. The van der Waals surface area contributed by atoms with Gasteiger partial charge in [-0.15, -0.1) is 0 Å². The molecule has 0 aliphatic carbocycles. The van der Waals surface area contributed by atoms with Crippen LogP contribution in [0.1, 0.15) is 24.8 Å². The van der Waals surface area contributed by atoms with E-state index in [1.54, 1.807) is 11.9 Å². The van der Waals surface area contributed by atoms with E-state index in [0.717, 1.165) is 11.3 Å². The summed E-state index contributed by atoms with van der Waals surface area (Å²) in [5.74, 6) is 0.152. The van der Waals surface area contributed by atoms with E-state index in [9.17, 15) is 14.4 Å². The number of hydrogen-bond donors (Lipinski definition) is 1. The molecule has 2 aromatic rings. The monoisotopic (exact) mass is 497 g/mol. The van der Waals surface area contributed by atoms with E-state index in [2.05, 4.69) is 4.90 Å². The van der Waals surface area contributed by atoms with Crippen LogP contribution in [-0.4, -0.2) is 78.0 Å². The fourth-order valence-corrected chi connectivity index (χ4v) is 5.07. The predicted octanol–water partition coefficient (Wildman–Crippen LogP) is 2.95. The van der Waals surface area contributed by atoms with Crippen molar-refractivity contribution in [3.05, 3.63) is 65.2 Å². The number of hydrogen-bond acceptors (Lipinski definition) is 4. The summed E-state index contributed by atoms with van der Waals surface area (Å²) in [6.45, 7) is 2.29. The number of carbonyl (C=O) groups excluding carboxylic acids is 3. The maximum Gasteiger partial charge on any atom is 0.314 e. The molecule has 0 atom stereocenters. The van der Waals surface area contributed by atoms with Crippen LogP contribution in [0, 0.1) is 0 Å². The summed E-state index contributed by atoms with van der Waals surface area (Å²) in [4.78, 5) is 45.3. The van der Waals surface area contributed by atoms with Crippen molar-refractivity contribution in [3.63, 3.8) is 0 Å². The van der Waals surface area contributed by atoms with Gasteiger partial charge in [0, 0.05) is 50.4 Å². The highest BCUT2D eigenvalue weighted by atomic mass is 35.5. The van der Waals surface area contributed by atoms with Gasteiger partial charge in [-0.1, -0.05) is 41.9 Å². The summed E-state index contributed by atoms with van der Waals surface area (Å²) in [6.07, 6.45) is 2.22. The molecule has 2 N–H and O–H groups in total. The summed E-state index contributed by atoms with van der Waals surface area (Å²) >= 11 is 5.95. The largest absolute Gasteiger partial charge is 0.351 e. The number of benzene rings is 2. The molecule has 2 fully saturated rings. The Balaban J connectivity index is 1.43. The highest BCUT2D eigenvalue weighted by molar-refractivity contribution is 6.30. The summed E-state index contributed by atoms with van der Waals surface area (Å²) in [5.41, 5.74) is 6.72. The minimum atomic E-state index is -0.695. The van der Waals surface area contributed by atoms with Gasteiger partial charge in [-0.2, -0.15) is 0 Å². The van der Waals surface area contributed by atoms with Gasteiger partial charge in [0.1, 0.15) is 5.54 Å². The lowest BCUT2D eigenvalue weighted by Gasteiger charge is -2.43. The standard InChI is InChI=1S/C26H32ClN5O3/c1-29(25(28)35)17-18-31-19-32(22-5-3-2-4-6-22)26(24(31)34)13-15-30(16-14-26)23(33)12-9-20-7-10-21(27)11-8-20/h2-8,10-11H,9,12-19H2,1H3,(H2,28,35). The smallest absolute Gasteiger partial charge is 0.314 e. The average molecular weight is 498 g/mol. The molecule has 2 aliphatic heterocycles. The highest BCUT2D eigenvalue weighted by Crippen LogP contribution is 2.39. The van der Waals surface area contributed by atoms with Crippen molar-refractivity contribution >= 4 is 35.1 Å². The molecule has 4 rings (SSSR count). The molecule has 0 unspecified atom stereocenters. The van der Waals surface area contributed by atoms with Gasteiger partial charge in [-0.05, 0) is 49.1 Å². The number of carbonyl (C=O) groups is 3. The summed E-state index contributed by atoms with van der Waals surface area (Å²) < 4.78 is 0. The number of rotatable bonds is 7. The third-order valence-corrected chi connectivity index (χ3v) is 7.40. The number of aryl methyl sites for hydroxylation is 1. The number of primary amides is 1. The van der Waals surface area contributed by atoms with E-state index in [0.29, 0.717) is 63.6 Å². The van der Waals surface area contributed by atoms with Crippen LogP contribution in [0.5, 0.6) is 0 Å².